The smallest absolute Gasteiger partial charge is 0.224 e. The van der Waals surface area contributed by atoms with Crippen molar-refractivity contribution in [3.63, 3.8) is 0 Å². The third kappa shape index (κ3) is 1.31. The van der Waals surface area contributed by atoms with Gasteiger partial charge in [-0.05, 0) is 0 Å². The Balaban J connectivity index is 0.000000490. The molecule has 0 aliphatic carbocycles. The van der Waals surface area contributed by atoms with Gasteiger partial charge in [-0.25, -0.2) is 0 Å². The monoisotopic (exact) mass is 135 g/mol. The minimum atomic E-state index is 0. The van der Waals surface area contributed by atoms with Gasteiger partial charge in [0.05, 0.1) is 0 Å². The SMILES string of the molecule is Cl.Nc1cc(N)on1. The first-order chi connectivity index (χ1) is 3.29. The van der Waals surface area contributed by atoms with Crippen LogP contribution in [-0.2, 0) is 0 Å². The van der Waals surface area contributed by atoms with Gasteiger partial charge in [0.15, 0.2) is 5.82 Å². The van der Waals surface area contributed by atoms with E-state index in [1.807, 2.05) is 0 Å². The number of nitrogens with zero attached hydrogens (tertiary/aromatic N) is 1. The minimum absolute atomic E-state index is 0. The largest absolute Gasteiger partial charge is 0.381 e. The standard InChI is InChI=1S/C3H5N3O.ClH/c4-2-1-3(5)7-6-2;/h1H,5H2,(H2,4,6);1H. The maximum absolute atomic E-state index is 5.09. The van der Waals surface area contributed by atoms with E-state index >= 15 is 0 Å². The lowest BCUT2D eigenvalue weighted by atomic mass is 10.6. The highest BCUT2D eigenvalue weighted by molar-refractivity contribution is 5.85. The van der Waals surface area contributed by atoms with Gasteiger partial charge < -0.3 is 16.0 Å². The number of hydrogen-bond donors (Lipinski definition) is 2. The molecular weight excluding hydrogens is 130 g/mol. The van der Waals surface area contributed by atoms with Crippen LogP contribution in [-0.4, -0.2) is 5.16 Å². The van der Waals surface area contributed by atoms with E-state index < -0.39 is 0 Å². The first kappa shape index (κ1) is 7.10. The van der Waals surface area contributed by atoms with Crippen LogP contribution in [0, 0.1) is 0 Å². The fourth-order valence-electron chi connectivity index (χ4n) is 0.304. The van der Waals surface area contributed by atoms with E-state index in [-0.39, 0.29) is 18.3 Å². The van der Waals surface area contributed by atoms with Gasteiger partial charge in [-0.1, -0.05) is 5.16 Å². The van der Waals surface area contributed by atoms with Gasteiger partial charge in [0.2, 0.25) is 5.88 Å². The van der Waals surface area contributed by atoms with Crippen molar-refractivity contribution in [2.24, 2.45) is 0 Å². The molecule has 46 valence electrons. The highest BCUT2D eigenvalue weighted by Gasteiger charge is 1.89. The summed E-state index contributed by atoms with van der Waals surface area (Å²) in [7, 11) is 0. The number of aromatic nitrogens is 1. The molecule has 1 rings (SSSR count). The summed E-state index contributed by atoms with van der Waals surface area (Å²) in [5.41, 5.74) is 10.2. The molecule has 1 aromatic rings. The van der Waals surface area contributed by atoms with Crippen molar-refractivity contribution < 1.29 is 4.52 Å². The van der Waals surface area contributed by atoms with E-state index in [4.69, 9.17) is 11.5 Å². The summed E-state index contributed by atoms with van der Waals surface area (Å²) in [5, 5.41) is 3.29. The Morgan fingerprint density at radius 3 is 2.25 bits per heavy atom. The van der Waals surface area contributed by atoms with Gasteiger partial charge in [-0.2, -0.15) is 0 Å². The molecule has 1 aromatic heterocycles. The van der Waals surface area contributed by atoms with Gasteiger partial charge in [0.25, 0.3) is 0 Å². The highest BCUT2D eigenvalue weighted by atomic mass is 35.5. The summed E-state index contributed by atoms with van der Waals surface area (Å²) in [4.78, 5) is 0. The summed E-state index contributed by atoms with van der Waals surface area (Å²) in [6.45, 7) is 0. The van der Waals surface area contributed by atoms with E-state index in [0.29, 0.717) is 5.82 Å². The molecule has 0 amide bonds. The third-order valence-electron chi connectivity index (χ3n) is 0.547. The van der Waals surface area contributed by atoms with E-state index in [0.717, 1.165) is 0 Å². The Bertz CT molecular complexity index is 147. The van der Waals surface area contributed by atoms with Crippen LogP contribution < -0.4 is 11.5 Å². The Morgan fingerprint density at radius 2 is 2.12 bits per heavy atom. The molecule has 0 spiro atoms. The molecule has 5 heteroatoms. The quantitative estimate of drug-likeness (QED) is 0.535. The molecule has 1 heterocycles. The predicted molar refractivity (Wildman–Crippen MR) is 32.6 cm³/mol. The normalized spacial score (nSPS) is 8.00. The predicted octanol–water partition coefficient (Wildman–Crippen LogP) is 0.261. The maximum atomic E-state index is 5.09. The first-order valence-corrected chi connectivity index (χ1v) is 1.77. The molecule has 0 radical (unpaired) electrons. The van der Waals surface area contributed by atoms with Crippen LogP contribution in [0.25, 0.3) is 0 Å². The summed E-state index contributed by atoms with van der Waals surface area (Å²) < 4.78 is 4.37. The van der Waals surface area contributed by atoms with E-state index in [2.05, 4.69) is 9.68 Å². The van der Waals surface area contributed by atoms with E-state index in [1.165, 1.54) is 6.07 Å². The van der Waals surface area contributed by atoms with Gasteiger partial charge in [0.1, 0.15) is 0 Å². The van der Waals surface area contributed by atoms with Crippen molar-refractivity contribution in [1.29, 1.82) is 0 Å². The number of nitrogen functional groups attached to an aromatic ring is 2. The molecule has 0 aliphatic heterocycles. The van der Waals surface area contributed by atoms with Gasteiger partial charge in [-0.3, -0.25) is 0 Å². The second-order valence-corrected chi connectivity index (χ2v) is 1.15. The fourth-order valence-corrected chi connectivity index (χ4v) is 0.304. The number of rotatable bonds is 0. The molecule has 4 nitrogen and oxygen atoms in total. The summed E-state index contributed by atoms with van der Waals surface area (Å²) in [6, 6.07) is 1.44. The lowest BCUT2D eigenvalue weighted by Gasteiger charge is -1.67. The van der Waals surface area contributed by atoms with Crippen molar-refractivity contribution >= 4 is 24.1 Å². The maximum Gasteiger partial charge on any atom is 0.224 e. The van der Waals surface area contributed by atoms with Crippen LogP contribution in [0.1, 0.15) is 0 Å². The van der Waals surface area contributed by atoms with Crippen molar-refractivity contribution in [3.8, 4) is 0 Å². The Labute approximate surface area is 52.2 Å². The van der Waals surface area contributed by atoms with Gasteiger partial charge >= 0.3 is 0 Å². The lowest BCUT2D eigenvalue weighted by molar-refractivity contribution is 0.440. The fraction of sp³-hybridized carbons (Fsp3) is 0. The highest BCUT2D eigenvalue weighted by Crippen LogP contribution is 2.03. The molecule has 0 saturated heterocycles. The summed E-state index contributed by atoms with van der Waals surface area (Å²) >= 11 is 0. The molecule has 0 aromatic carbocycles. The van der Waals surface area contributed by atoms with Crippen LogP contribution in [0.5, 0.6) is 0 Å². The minimum Gasteiger partial charge on any atom is -0.381 e. The zero-order chi connectivity index (χ0) is 5.28. The van der Waals surface area contributed by atoms with Crippen LogP contribution in [0.4, 0.5) is 11.7 Å². The molecular formula is C3H6ClN3O. The Kier molecular flexibility index (Phi) is 2.15. The average Bonchev–Trinajstić information content (AvgIpc) is 1.87. The number of halogens is 1. The van der Waals surface area contributed by atoms with Crippen LogP contribution >= 0.6 is 12.4 Å². The zero-order valence-electron chi connectivity index (χ0n) is 4.00. The van der Waals surface area contributed by atoms with E-state index in [9.17, 15) is 0 Å². The van der Waals surface area contributed by atoms with Crippen LogP contribution in [0.3, 0.4) is 0 Å². The molecule has 0 saturated carbocycles. The van der Waals surface area contributed by atoms with Gasteiger partial charge in [0, 0.05) is 6.07 Å². The van der Waals surface area contributed by atoms with Crippen LogP contribution in [0.2, 0.25) is 0 Å². The Hall–Kier alpha value is -0.900. The van der Waals surface area contributed by atoms with Gasteiger partial charge in [-0.15, -0.1) is 12.4 Å². The summed E-state index contributed by atoms with van der Waals surface area (Å²) in [5.74, 6) is 0.565. The molecule has 4 N–H and O–H groups in total. The molecule has 0 atom stereocenters. The van der Waals surface area contributed by atoms with Crippen LogP contribution in [0.15, 0.2) is 10.6 Å². The summed E-state index contributed by atoms with van der Waals surface area (Å²) in [6.07, 6.45) is 0. The third-order valence-corrected chi connectivity index (χ3v) is 0.547. The molecule has 0 unspecified atom stereocenters. The number of anilines is 2. The van der Waals surface area contributed by atoms with Crippen molar-refractivity contribution in [2.45, 2.75) is 0 Å². The topological polar surface area (TPSA) is 78.1 Å². The van der Waals surface area contributed by atoms with Crippen molar-refractivity contribution in [2.75, 3.05) is 11.5 Å². The van der Waals surface area contributed by atoms with Crippen molar-refractivity contribution in [3.05, 3.63) is 6.07 Å². The lowest BCUT2D eigenvalue weighted by Crippen LogP contribution is -1.80. The zero-order valence-corrected chi connectivity index (χ0v) is 4.81. The molecule has 0 bridgehead atoms. The van der Waals surface area contributed by atoms with E-state index in [1.54, 1.807) is 0 Å². The Morgan fingerprint density at radius 1 is 1.50 bits per heavy atom. The van der Waals surface area contributed by atoms with Crippen molar-refractivity contribution in [1.82, 2.24) is 5.16 Å². The number of hydrogen-bond acceptors (Lipinski definition) is 4. The number of nitrogens with two attached hydrogens (primary N) is 2. The molecule has 8 heavy (non-hydrogen) atoms. The molecule has 0 aliphatic rings. The second kappa shape index (κ2) is 2.42. The molecule has 0 fully saturated rings. The first-order valence-electron chi connectivity index (χ1n) is 1.77. The average molecular weight is 136 g/mol. The second-order valence-electron chi connectivity index (χ2n) is 1.15.